The topological polar surface area (TPSA) is 93.3 Å². The number of aromatic amines is 1. The minimum absolute atomic E-state index is 0.122. The fourth-order valence-corrected chi connectivity index (χ4v) is 4.52. The number of hydrogen-bond donors (Lipinski definition) is 2. The third kappa shape index (κ3) is 4.29. The number of aryl methyl sites for hydroxylation is 1. The number of methoxy groups -OCH3 is 2. The minimum atomic E-state index is -0.485. The molecule has 1 atom stereocenters. The normalized spacial score (nSPS) is 15.2. The van der Waals surface area contributed by atoms with Crippen molar-refractivity contribution in [2.45, 2.75) is 30.2 Å². The van der Waals surface area contributed by atoms with E-state index < -0.39 is 5.92 Å². The van der Waals surface area contributed by atoms with Crippen molar-refractivity contribution >= 4 is 23.5 Å². The predicted octanol–water partition coefficient (Wildman–Crippen LogP) is 3.86. The first-order valence-corrected chi connectivity index (χ1v) is 10.8. The van der Waals surface area contributed by atoms with Crippen molar-refractivity contribution in [3.8, 4) is 11.5 Å². The molecule has 4 rings (SSSR count). The standard InChI is InChI=1S/C23H23N3O4S/c1-13-7-9-14(10-8-13)12-31-23-25-21-19(22(28)26-23)16(11-18(27)24-21)15-5-4-6-17(29-2)20(15)30-3/h4-10,16H,11-12H2,1-3H3,(H2,24,25,26,27,28)/t16-/m0/s1. The maximum absolute atomic E-state index is 13.1. The van der Waals surface area contributed by atoms with Gasteiger partial charge in [-0.3, -0.25) is 9.59 Å². The first-order valence-electron chi connectivity index (χ1n) is 9.83. The largest absolute Gasteiger partial charge is 0.493 e. The second kappa shape index (κ2) is 8.85. The lowest BCUT2D eigenvalue weighted by molar-refractivity contribution is -0.116. The Labute approximate surface area is 184 Å². The molecular weight excluding hydrogens is 414 g/mol. The van der Waals surface area contributed by atoms with Crippen molar-refractivity contribution in [3.05, 3.63) is 75.1 Å². The SMILES string of the molecule is COc1cccc([C@@H]2CC(=O)Nc3nc(SCc4ccc(C)cc4)[nH]c(=O)c32)c1OC. The van der Waals surface area contributed by atoms with Gasteiger partial charge in [0, 0.05) is 23.7 Å². The zero-order chi connectivity index (χ0) is 22.0. The zero-order valence-electron chi connectivity index (χ0n) is 17.5. The molecular formula is C23H23N3O4S. The van der Waals surface area contributed by atoms with Crippen LogP contribution in [0, 0.1) is 6.92 Å². The van der Waals surface area contributed by atoms with Gasteiger partial charge >= 0.3 is 0 Å². The molecule has 0 bridgehead atoms. The number of hydrogen-bond acceptors (Lipinski definition) is 6. The van der Waals surface area contributed by atoms with Gasteiger partial charge in [-0.05, 0) is 18.6 Å². The van der Waals surface area contributed by atoms with Crippen LogP contribution in [0.2, 0.25) is 0 Å². The number of para-hydroxylation sites is 1. The molecule has 31 heavy (non-hydrogen) atoms. The Hall–Kier alpha value is -3.26. The van der Waals surface area contributed by atoms with Gasteiger partial charge < -0.3 is 19.8 Å². The van der Waals surface area contributed by atoms with Crippen LogP contribution >= 0.6 is 11.8 Å². The van der Waals surface area contributed by atoms with E-state index in [1.54, 1.807) is 20.3 Å². The highest BCUT2D eigenvalue weighted by atomic mass is 32.2. The van der Waals surface area contributed by atoms with Crippen LogP contribution < -0.4 is 20.3 Å². The summed E-state index contributed by atoms with van der Waals surface area (Å²) in [5.74, 6) is 1.32. The average molecular weight is 438 g/mol. The number of H-pyrrole nitrogens is 1. The number of carbonyl (C=O) groups is 1. The molecule has 0 saturated heterocycles. The lowest BCUT2D eigenvalue weighted by Crippen LogP contribution is -2.31. The number of anilines is 1. The molecule has 8 heteroatoms. The molecule has 0 fully saturated rings. The highest BCUT2D eigenvalue weighted by Crippen LogP contribution is 2.42. The number of fused-ring (bicyclic) bond motifs is 1. The summed E-state index contributed by atoms with van der Waals surface area (Å²) in [7, 11) is 3.09. The van der Waals surface area contributed by atoms with Gasteiger partial charge in [0.25, 0.3) is 5.56 Å². The number of ether oxygens (including phenoxy) is 2. The van der Waals surface area contributed by atoms with E-state index in [-0.39, 0.29) is 17.9 Å². The van der Waals surface area contributed by atoms with Crippen LogP contribution in [0.1, 0.15) is 34.6 Å². The molecule has 1 aliphatic rings. The van der Waals surface area contributed by atoms with Crippen LogP contribution in [-0.2, 0) is 10.5 Å². The summed E-state index contributed by atoms with van der Waals surface area (Å²) < 4.78 is 10.9. The third-order valence-corrected chi connectivity index (χ3v) is 6.18. The Morgan fingerprint density at radius 2 is 1.87 bits per heavy atom. The molecule has 3 aromatic rings. The summed E-state index contributed by atoms with van der Waals surface area (Å²) in [5.41, 5.74) is 3.18. The molecule has 0 radical (unpaired) electrons. The molecule has 2 aromatic carbocycles. The summed E-state index contributed by atoms with van der Waals surface area (Å²) in [6, 6.07) is 13.6. The summed E-state index contributed by atoms with van der Waals surface area (Å²) in [4.78, 5) is 32.9. The number of benzene rings is 2. The summed E-state index contributed by atoms with van der Waals surface area (Å²) >= 11 is 1.42. The Kier molecular flexibility index (Phi) is 5.99. The van der Waals surface area contributed by atoms with E-state index in [1.165, 1.54) is 17.3 Å². The highest BCUT2D eigenvalue weighted by molar-refractivity contribution is 7.98. The fraction of sp³-hybridized carbons (Fsp3) is 0.261. The van der Waals surface area contributed by atoms with Gasteiger partial charge in [-0.15, -0.1) is 0 Å². The second-order valence-electron chi connectivity index (χ2n) is 7.30. The van der Waals surface area contributed by atoms with Gasteiger partial charge in [-0.1, -0.05) is 53.7 Å². The van der Waals surface area contributed by atoms with Crippen LogP contribution in [0.5, 0.6) is 11.5 Å². The molecule has 2 heterocycles. The van der Waals surface area contributed by atoms with Gasteiger partial charge in [-0.25, -0.2) is 4.98 Å². The van der Waals surface area contributed by atoms with Crippen molar-refractivity contribution in [1.29, 1.82) is 0 Å². The molecule has 1 aliphatic heterocycles. The monoisotopic (exact) mass is 437 g/mol. The fourth-order valence-electron chi connectivity index (χ4n) is 3.71. The smallest absolute Gasteiger partial charge is 0.257 e. The lowest BCUT2D eigenvalue weighted by atomic mass is 9.86. The molecule has 0 saturated carbocycles. The van der Waals surface area contributed by atoms with Gasteiger partial charge in [-0.2, -0.15) is 0 Å². The minimum Gasteiger partial charge on any atom is -0.493 e. The van der Waals surface area contributed by atoms with Crippen LogP contribution in [0.15, 0.2) is 52.4 Å². The average Bonchev–Trinajstić information content (AvgIpc) is 2.77. The number of nitrogens with one attached hydrogen (secondary N) is 2. The highest BCUT2D eigenvalue weighted by Gasteiger charge is 2.33. The van der Waals surface area contributed by atoms with E-state index in [2.05, 4.69) is 15.3 Å². The molecule has 160 valence electrons. The van der Waals surface area contributed by atoms with Crippen molar-refractivity contribution < 1.29 is 14.3 Å². The van der Waals surface area contributed by atoms with E-state index in [4.69, 9.17) is 9.47 Å². The Morgan fingerprint density at radius 1 is 1.10 bits per heavy atom. The third-order valence-electron chi connectivity index (χ3n) is 5.23. The van der Waals surface area contributed by atoms with Gasteiger partial charge in [0.1, 0.15) is 5.82 Å². The number of thioether (sulfide) groups is 1. The first-order chi connectivity index (χ1) is 15.0. The molecule has 0 spiro atoms. The Morgan fingerprint density at radius 3 is 2.58 bits per heavy atom. The van der Waals surface area contributed by atoms with Gasteiger partial charge in [0.05, 0.1) is 19.8 Å². The number of rotatable bonds is 6. The van der Waals surface area contributed by atoms with E-state index in [0.29, 0.717) is 39.4 Å². The van der Waals surface area contributed by atoms with E-state index >= 15 is 0 Å². The Bertz CT molecular complexity index is 1170. The first kappa shape index (κ1) is 21.0. The van der Waals surface area contributed by atoms with Crippen molar-refractivity contribution in [2.75, 3.05) is 19.5 Å². The van der Waals surface area contributed by atoms with Gasteiger partial charge in [0.15, 0.2) is 16.7 Å². The number of amides is 1. The van der Waals surface area contributed by atoms with Crippen LogP contribution in [0.25, 0.3) is 0 Å². The maximum Gasteiger partial charge on any atom is 0.257 e. The molecule has 7 nitrogen and oxygen atoms in total. The lowest BCUT2D eigenvalue weighted by Gasteiger charge is -2.26. The maximum atomic E-state index is 13.1. The molecule has 1 aromatic heterocycles. The summed E-state index contributed by atoms with van der Waals surface area (Å²) in [6.45, 7) is 2.04. The number of nitrogens with zero attached hydrogens (tertiary/aromatic N) is 1. The van der Waals surface area contributed by atoms with Crippen LogP contribution in [0.4, 0.5) is 5.82 Å². The molecule has 2 N–H and O–H groups in total. The molecule has 1 amide bonds. The molecule has 0 unspecified atom stereocenters. The van der Waals surface area contributed by atoms with E-state index in [9.17, 15) is 9.59 Å². The van der Waals surface area contributed by atoms with Crippen LogP contribution in [-0.4, -0.2) is 30.1 Å². The predicted molar refractivity (Wildman–Crippen MR) is 120 cm³/mol. The second-order valence-corrected chi connectivity index (χ2v) is 8.26. The summed E-state index contributed by atoms with van der Waals surface area (Å²) in [6.07, 6.45) is 0.122. The van der Waals surface area contributed by atoms with Crippen molar-refractivity contribution in [3.63, 3.8) is 0 Å². The van der Waals surface area contributed by atoms with Crippen molar-refractivity contribution in [2.24, 2.45) is 0 Å². The Balaban J connectivity index is 1.69. The number of carbonyl (C=O) groups excluding carboxylic acids is 1. The van der Waals surface area contributed by atoms with E-state index in [1.807, 2.05) is 43.3 Å². The van der Waals surface area contributed by atoms with E-state index in [0.717, 1.165) is 5.56 Å². The summed E-state index contributed by atoms with van der Waals surface area (Å²) in [5, 5.41) is 3.22. The van der Waals surface area contributed by atoms with Crippen molar-refractivity contribution in [1.82, 2.24) is 9.97 Å². The zero-order valence-corrected chi connectivity index (χ0v) is 18.3. The van der Waals surface area contributed by atoms with Crippen LogP contribution in [0.3, 0.4) is 0 Å². The number of aromatic nitrogens is 2. The quantitative estimate of drug-likeness (QED) is 0.449. The van der Waals surface area contributed by atoms with Gasteiger partial charge in [0.2, 0.25) is 5.91 Å². The molecule has 0 aliphatic carbocycles.